The summed E-state index contributed by atoms with van der Waals surface area (Å²) < 4.78 is 5.35. The number of fused-ring (bicyclic) bond motifs is 1. The van der Waals surface area contributed by atoms with Crippen LogP contribution in [0.3, 0.4) is 0 Å². The van der Waals surface area contributed by atoms with Crippen molar-refractivity contribution in [3.63, 3.8) is 0 Å². The van der Waals surface area contributed by atoms with E-state index in [2.05, 4.69) is 0 Å². The van der Waals surface area contributed by atoms with Crippen LogP contribution in [0.25, 0.3) is 11.0 Å². The largest absolute Gasteiger partial charge is 0.461 e. The van der Waals surface area contributed by atoms with E-state index in [0.717, 1.165) is 11.1 Å². The monoisotopic (exact) mass is 194 g/mol. The molecule has 0 amide bonds. The molecule has 0 radical (unpaired) electrons. The molecule has 1 heterocycles. The minimum absolute atomic E-state index is 0.452. The zero-order valence-corrected chi connectivity index (χ0v) is 7.76. The predicted octanol–water partition coefficient (Wildman–Crippen LogP) is 3.12. The van der Waals surface area contributed by atoms with E-state index in [-0.39, 0.29) is 0 Å². The van der Waals surface area contributed by atoms with Crippen molar-refractivity contribution in [1.82, 2.24) is 0 Å². The fourth-order valence-electron chi connectivity index (χ4n) is 1.36. The Balaban J connectivity index is 2.82. The maximum atomic E-state index is 11.0. The number of furan rings is 1. The lowest BCUT2D eigenvalue weighted by Crippen LogP contribution is -1.87. The van der Waals surface area contributed by atoms with Gasteiger partial charge in [-0.25, -0.2) is 0 Å². The Bertz CT molecular complexity index is 471. The lowest BCUT2D eigenvalue weighted by atomic mass is 10.1. The molecule has 2 nitrogen and oxygen atoms in total. The standard InChI is InChI=1S/C10H7ClO2/c1-6-5-8-7(10(11)12)3-2-4-9(8)13-6/h2-5H,1H3. The second-order valence-corrected chi connectivity index (χ2v) is 3.19. The Morgan fingerprint density at radius 2 is 2.23 bits per heavy atom. The fourth-order valence-corrected chi connectivity index (χ4v) is 1.52. The summed E-state index contributed by atoms with van der Waals surface area (Å²) in [4.78, 5) is 11.0. The van der Waals surface area contributed by atoms with E-state index >= 15 is 0 Å². The Morgan fingerprint density at radius 1 is 1.46 bits per heavy atom. The van der Waals surface area contributed by atoms with Gasteiger partial charge >= 0.3 is 0 Å². The lowest BCUT2D eigenvalue weighted by molar-refractivity contribution is 0.108. The van der Waals surface area contributed by atoms with Crippen molar-refractivity contribution < 1.29 is 9.21 Å². The van der Waals surface area contributed by atoms with Gasteiger partial charge in [-0.2, -0.15) is 0 Å². The van der Waals surface area contributed by atoms with Crippen LogP contribution in [-0.2, 0) is 0 Å². The molecule has 2 aromatic rings. The van der Waals surface area contributed by atoms with Gasteiger partial charge in [0.15, 0.2) is 0 Å². The molecule has 0 aliphatic heterocycles. The first kappa shape index (κ1) is 8.32. The third-order valence-corrected chi connectivity index (χ3v) is 2.10. The van der Waals surface area contributed by atoms with Crippen LogP contribution in [-0.4, -0.2) is 5.24 Å². The SMILES string of the molecule is Cc1cc2c(C(=O)Cl)cccc2o1. The normalized spacial score (nSPS) is 10.6. The summed E-state index contributed by atoms with van der Waals surface area (Å²) in [7, 11) is 0. The van der Waals surface area contributed by atoms with E-state index in [4.69, 9.17) is 16.0 Å². The number of aryl methyl sites for hydroxylation is 1. The number of hydrogen-bond acceptors (Lipinski definition) is 2. The summed E-state index contributed by atoms with van der Waals surface area (Å²) >= 11 is 5.41. The molecular weight excluding hydrogens is 188 g/mol. The average Bonchev–Trinajstić information content (AvgIpc) is 2.43. The number of hydrogen-bond donors (Lipinski definition) is 0. The minimum atomic E-state index is -0.452. The molecule has 1 aromatic carbocycles. The molecule has 1 aromatic heterocycles. The van der Waals surface area contributed by atoms with Gasteiger partial charge in [0.2, 0.25) is 0 Å². The Hall–Kier alpha value is -1.28. The van der Waals surface area contributed by atoms with E-state index in [1.807, 2.05) is 19.1 Å². The lowest BCUT2D eigenvalue weighted by Gasteiger charge is -1.93. The summed E-state index contributed by atoms with van der Waals surface area (Å²) in [6.45, 7) is 1.84. The van der Waals surface area contributed by atoms with Crippen molar-refractivity contribution in [2.24, 2.45) is 0 Å². The van der Waals surface area contributed by atoms with Crippen LogP contribution >= 0.6 is 11.6 Å². The first-order valence-electron chi connectivity index (χ1n) is 3.87. The molecule has 3 heteroatoms. The molecule has 0 unspecified atom stereocenters. The topological polar surface area (TPSA) is 30.2 Å². The highest BCUT2D eigenvalue weighted by molar-refractivity contribution is 6.68. The van der Waals surface area contributed by atoms with Crippen LogP contribution in [0.1, 0.15) is 16.1 Å². The van der Waals surface area contributed by atoms with Gasteiger partial charge in [-0.05, 0) is 36.7 Å². The highest BCUT2D eigenvalue weighted by Crippen LogP contribution is 2.23. The Kier molecular flexibility index (Phi) is 1.85. The molecule has 13 heavy (non-hydrogen) atoms. The second kappa shape index (κ2) is 2.89. The second-order valence-electron chi connectivity index (χ2n) is 2.85. The molecule has 0 fully saturated rings. The first-order chi connectivity index (χ1) is 6.18. The molecule has 0 bridgehead atoms. The van der Waals surface area contributed by atoms with E-state index in [0.29, 0.717) is 11.1 Å². The van der Waals surface area contributed by atoms with Gasteiger partial charge in [-0.15, -0.1) is 0 Å². The molecular formula is C10H7ClO2. The molecule has 0 aliphatic rings. The highest BCUT2D eigenvalue weighted by Gasteiger charge is 2.09. The number of benzene rings is 1. The van der Waals surface area contributed by atoms with Gasteiger partial charge in [0.25, 0.3) is 5.24 Å². The van der Waals surface area contributed by atoms with Crippen molar-refractivity contribution in [1.29, 1.82) is 0 Å². The number of carbonyl (C=O) groups excluding carboxylic acids is 1. The van der Waals surface area contributed by atoms with Gasteiger partial charge in [0, 0.05) is 10.9 Å². The summed E-state index contributed by atoms with van der Waals surface area (Å²) in [5, 5.41) is 0.325. The molecule has 2 rings (SSSR count). The van der Waals surface area contributed by atoms with Crippen molar-refractivity contribution in [2.75, 3.05) is 0 Å². The quantitative estimate of drug-likeness (QED) is 0.653. The maximum absolute atomic E-state index is 11.0. The first-order valence-corrected chi connectivity index (χ1v) is 4.25. The molecule has 0 saturated carbocycles. The van der Waals surface area contributed by atoms with E-state index < -0.39 is 5.24 Å². The van der Waals surface area contributed by atoms with Crippen molar-refractivity contribution >= 4 is 27.8 Å². The van der Waals surface area contributed by atoms with Gasteiger partial charge < -0.3 is 4.42 Å². The fraction of sp³-hybridized carbons (Fsp3) is 0.100. The molecule has 0 aliphatic carbocycles. The van der Waals surface area contributed by atoms with Crippen molar-refractivity contribution in [2.45, 2.75) is 6.92 Å². The smallest absolute Gasteiger partial charge is 0.253 e. The van der Waals surface area contributed by atoms with Gasteiger partial charge in [0.1, 0.15) is 11.3 Å². The predicted molar refractivity (Wildman–Crippen MR) is 51.1 cm³/mol. The zero-order chi connectivity index (χ0) is 9.42. The van der Waals surface area contributed by atoms with E-state index in [1.54, 1.807) is 12.1 Å². The van der Waals surface area contributed by atoms with Crippen LogP contribution in [0.5, 0.6) is 0 Å². The Morgan fingerprint density at radius 3 is 2.92 bits per heavy atom. The molecule has 0 atom stereocenters. The van der Waals surface area contributed by atoms with E-state index in [9.17, 15) is 4.79 Å². The van der Waals surface area contributed by atoms with Gasteiger partial charge in [-0.1, -0.05) is 6.07 Å². The van der Waals surface area contributed by atoms with Crippen molar-refractivity contribution in [3.8, 4) is 0 Å². The molecule has 66 valence electrons. The number of halogens is 1. The summed E-state index contributed by atoms with van der Waals surface area (Å²) in [5.74, 6) is 0.778. The Labute approximate surface area is 80.1 Å². The molecule has 0 saturated heterocycles. The van der Waals surface area contributed by atoms with Crippen LogP contribution in [0.15, 0.2) is 28.7 Å². The van der Waals surface area contributed by atoms with Crippen LogP contribution in [0, 0.1) is 6.92 Å². The zero-order valence-electron chi connectivity index (χ0n) is 7.00. The van der Waals surface area contributed by atoms with Gasteiger partial charge in [0.05, 0.1) is 0 Å². The number of carbonyl (C=O) groups is 1. The van der Waals surface area contributed by atoms with Gasteiger partial charge in [-0.3, -0.25) is 4.79 Å². The number of rotatable bonds is 1. The van der Waals surface area contributed by atoms with Crippen LogP contribution < -0.4 is 0 Å². The molecule has 0 N–H and O–H groups in total. The summed E-state index contributed by atoms with van der Waals surface area (Å²) in [6.07, 6.45) is 0. The summed E-state index contributed by atoms with van der Waals surface area (Å²) in [6, 6.07) is 7.06. The van der Waals surface area contributed by atoms with Crippen molar-refractivity contribution in [3.05, 3.63) is 35.6 Å². The van der Waals surface area contributed by atoms with Crippen LogP contribution in [0.4, 0.5) is 0 Å². The minimum Gasteiger partial charge on any atom is -0.461 e. The average molecular weight is 195 g/mol. The summed E-state index contributed by atoms with van der Waals surface area (Å²) in [5.41, 5.74) is 1.19. The van der Waals surface area contributed by atoms with E-state index in [1.165, 1.54) is 0 Å². The third-order valence-electron chi connectivity index (χ3n) is 1.90. The van der Waals surface area contributed by atoms with Crippen LogP contribution in [0.2, 0.25) is 0 Å². The third kappa shape index (κ3) is 1.33. The highest BCUT2D eigenvalue weighted by atomic mass is 35.5. The maximum Gasteiger partial charge on any atom is 0.253 e. The molecule has 0 spiro atoms.